The molecule has 224 valence electrons. The molecule has 0 aliphatic rings. The SMILES string of the molecule is CCCCCCCCCCCCN(C(=O)O)c1ccc(C)c(N(CCCCCCCCCCCC)C(=O)O)c1. The lowest BCUT2D eigenvalue weighted by Gasteiger charge is -2.25. The summed E-state index contributed by atoms with van der Waals surface area (Å²) in [5.41, 5.74) is 1.98. The second kappa shape index (κ2) is 22.6. The van der Waals surface area contributed by atoms with Crippen molar-refractivity contribution >= 4 is 23.6 Å². The minimum atomic E-state index is -0.989. The molecule has 1 aromatic rings. The number of rotatable bonds is 24. The third-order valence-electron chi connectivity index (χ3n) is 7.73. The summed E-state index contributed by atoms with van der Waals surface area (Å²) in [4.78, 5) is 26.9. The molecule has 0 aliphatic carbocycles. The number of carbonyl (C=O) groups is 2. The molecule has 1 aromatic carbocycles. The van der Waals surface area contributed by atoms with Gasteiger partial charge < -0.3 is 10.2 Å². The standard InChI is InChI=1S/C33H58N2O4/c1-4-6-8-10-12-14-16-18-20-22-26-34(32(36)37)30-25-24-29(3)31(28-30)35(33(38)39)27-23-21-19-17-15-13-11-9-7-5-2/h24-25,28H,4-23,26-27H2,1-3H3,(H,36,37)(H,38,39). The predicted octanol–water partition coefficient (Wildman–Crippen LogP) is 10.8. The van der Waals surface area contributed by atoms with E-state index in [0.29, 0.717) is 24.5 Å². The molecule has 2 N–H and O–H groups in total. The topological polar surface area (TPSA) is 81.1 Å². The van der Waals surface area contributed by atoms with Gasteiger partial charge in [-0.3, -0.25) is 9.80 Å². The monoisotopic (exact) mass is 546 g/mol. The Kier molecular flexibility index (Phi) is 20.1. The van der Waals surface area contributed by atoms with Gasteiger partial charge in [-0.2, -0.15) is 0 Å². The van der Waals surface area contributed by atoms with Gasteiger partial charge in [0.2, 0.25) is 0 Å². The second-order valence-electron chi connectivity index (χ2n) is 11.2. The zero-order valence-corrected chi connectivity index (χ0v) is 25.4. The van der Waals surface area contributed by atoms with Crippen molar-refractivity contribution in [3.63, 3.8) is 0 Å². The van der Waals surface area contributed by atoms with Crippen LogP contribution in [0.25, 0.3) is 0 Å². The Labute approximate surface area is 239 Å². The largest absolute Gasteiger partial charge is 0.465 e. The van der Waals surface area contributed by atoms with Crippen molar-refractivity contribution in [2.24, 2.45) is 0 Å². The Bertz CT molecular complexity index is 783. The van der Waals surface area contributed by atoms with Crippen LogP contribution in [0.15, 0.2) is 18.2 Å². The molecule has 39 heavy (non-hydrogen) atoms. The van der Waals surface area contributed by atoms with Crippen molar-refractivity contribution in [3.8, 4) is 0 Å². The summed E-state index contributed by atoms with van der Waals surface area (Å²) in [5, 5.41) is 19.8. The number of hydrogen-bond acceptors (Lipinski definition) is 2. The van der Waals surface area contributed by atoms with E-state index in [9.17, 15) is 19.8 Å². The lowest BCUT2D eigenvalue weighted by atomic mass is 10.1. The maximum Gasteiger partial charge on any atom is 0.411 e. The van der Waals surface area contributed by atoms with Gasteiger partial charge in [-0.25, -0.2) is 9.59 Å². The van der Waals surface area contributed by atoms with Crippen LogP contribution in [0.4, 0.5) is 21.0 Å². The van der Waals surface area contributed by atoms with Gasteiger partial charge in [0, 0.05) is 18.8 Å². The normalized spacial score (nSPS) is 11.1. The Morgan fingerprint density at radius 2 is 0.923 bits per heavy atom. The molecule has 0 saturated carbocycles. The van der Waals surface area contributed by atoms with Crippen LogP contribution in [-0.4, -0.2) is 35.5 Å². The van der Waals surface area contributed by atoms with E-state index in [1.807, 2.05) is 13.0 Å². The summed E-state index contributed by atoms with van der Waals surface area (Å²) < 4.78 is 0. The van der Waals surface area contributed by atoms with Gasteiger partial charge in [0.1, 0.15) is 0 Å². The van der Waals surface area contributed by atoms with Crippen LogP contribution in [-0.2, 0) is 0 Å². The van der Waals surface area contributed by atoms with E-state index in [1.54, 1.807) is 12.1 Å². The van der Waals surface area contributed by atoms with Gasteiger partial charge in [-0.05, 0) is 37.5 Å². The van der Waals surface area contributed by atoms with Crippen LogP contribution < -0.4 is 9.80 Å². The summed E-state index contributed by atoms with van der Waals surface area (Å²) in [7, 11) is 0. The van der Waals surface area contributed by atoms with Crippen LogP contribution >= 0.6 is 0 Å². The first-order valence-electron chi connectivity index (χ1n) is 16.0. The Hall–Kier alpha value is -2.24. The van der Waals surface area contributed by atoms with E-state index in [0.717, 1.165) is 44.1 Å². The molecule has 6 heteroatoms. The van der Waals surface area contributed by atoms with E-state index >= 15 is 0 Å². The van der Waals surface area contributed by atoms with E-state index in [-0.39, 0.29) is 0 Å². The lowest BCUT2D eigenvalue weighted by molar-refractivity contribution is 0.200. The number of benzene rings is 1. The van der Waals surface area contributed by atoms with Gasteiger partial charge in [-0.15, -0.1) is 0 Å². The fraction of sp³-hybridized carbons (Fsp3) is 0.758. The van der Waals surface area contributed by atoms with E-state index < -0.39 is 12.2 Å². The molecule has 0 heterocycles. The van der Waals surface area contributed by atoms with E-state index in [4.69, 9.17) is 0 Å². The highest BCUT2D eigenvalue weighted by molar-refractivity contribution is 5.91. The number of unbranched alkanes of at least 4 members (excludes halogenated alkanes) is 18. The second-order valence-corrected chi connectivity index (χ2v) is 11.2. The summed E-state index contributed by atoms with van der Waals surface area (Å²) >= 11 is 0. The van der Waals surface area contributed by atoms with Crippen molar-refractivity contribution < 1.29 is 19.8 Å². The highest BCUT2D eigenvalue weighted by atomic mass is 16.4. The zero-order chi connectivity index (χ0) is 28.7. The lowest BCUT2D eigenvalue weighted by Crippen LogP contribution is -2.33. The summed E-state index contributed by atoms with van der Waals surface area (Å²) in [6, 6.07) is 5.38. The molecule has 2 amide bonds. The average molecular weight is 547 g/mol. The molecule has 1 rings (SSSR count). The van der Waals surface area contributed by atoms with Crippen LogP contribution in [0.1, 0.15) is 148 Å². The highest BCUT2D eigenvalue weighted by Crippen LogP contribution is 2.28. The molecular formula is C33H58N2O4. The van der Waals surface area contributed by atoms with Crippen molar-refractivity contribution in [1.29, 1.82) is 0 Å². The maximum absolute atomic E-state index is 12.1. The number of hydrogen-bond donors (Lipinski definition) is 2. The molecular weight excluding hydrogens is 488 g/mol. The molecule has 0 fully saturated rings. The Morgan fingerprint density at radius 3 is 1.31 bits per heavy atom. The first-order chi connectivity index (χ1) is 18.9. The maximum atomic E-state index is 12.1. The molecule has 0 atom stereocenters. The molecule has 0 unspecified atom stereocenters. The highest BCUT2D eigenvalue weighted by Gasteiger charge is 2.20. The number of anilines is 2. The fourth-order valence-electron chi connectivity index (χ4n) is 5.23. The zero-order valence-electron chi connectivity index (χ0n) is 25.4. The van der Waals surface area contributed by atoms with Crippen molar-refractivity contribution in [1.82, 2.24) is 0 Å². The quantitative estimate of drug-likeness (QED) is 0.126. The van der Waals surface area contributed by atoms with Crippen molar-refractivity contribution in [2.75, 3.05) is 22.9 Å². The van der Waals surface area contributed by atoms with Gasteiger partial charge in [-0.1, -0.05) is 135 Å². The van der Waals surface area contributed by atoms with Gasteiger partial charge >= 0.3 is 12.2 Å². The van der Waals surface area contributed by atoms with E-state index in [2.05, 4.69) is 13.8 Å². The molecule has 0 saturated heterocycles. The minimum absolute atomic E-state index is 0.430. The van der Waals surface area contributed by atoms with Crippen molar-refractivity contribution in [3.05, 3.63) is 23.8 Å². The number of carboxylic acid groups (broad SMARTS) is 2. The first kappa shape index (κ1) is 34.8. The Balaban J connectivity index is 2.53. The average Bonchev–Trinajstić information content (AvgIpc) is 2.91. The van der Waals surface area contributed by atoms with Crippen molar-refractivity contribution in [2.45, 2.75) is 149 Å². The van der Waals surface area contributed by atoms with Crippen LogP contribution in [0, 0.1) is 6.92 Å². The van der Waals surface area contributed by atoms with Crippen LogP contribution in [0.3, 0.4) is 0 Å². The molecule has 0 spiro atoms. The molecule has 0 aliphatic heterocycles. The van der Waals surface area contributed by atoms with Gasteiger partial charge in [0.15, 0.2) is 0 Å². The number of nitrogens with zero attached hydrogens (tertiary/aromatic N) is 2. The Morgan fingerprint density at radius 1 is 0.564 bits per heavy atom. The van der Waals surface area contributed by atoms with E-state index in [1.165, 1.54) is 99.7 Å². The molecule has 0 radical (unpaired) electrons. The third kappa shape index (κ3) is 15.8. The van der Waals surface area contributed by atoms with Gasteiger partial charge in [0.05, 0.1) is 5.69 Å². The predicted molar refractivity (Wildman–Crippen MR) is 166 cm³/mol. The third-order valence-corrected chi connectivity index (χ3v) is 7.73. The summed E-state index contributed by atoms with van der Waals surface area (Å²) in [5.74, 6) is 0. The fourth-order valence-corrected chi connectivity index (χ4v) is 5.23. The smallest absolute Gasteiger partial charge is 0.411 e. The summed E-state index contributed by atoms with van der Waals surface area (Å²) in [6.45, 7) is 7.22. The molecule has 0 aromatic heterocycles. The number of amides is 2. The minimum Gasteiger partial charge on any atom is -0.465 e. The number of aryl methyl sites for hydroxylation is 1. The summed E-state index contributed by atoms with van der Waals surface area (Å²) in [6.07, 6.45) is 22.0. The van der Waals surface area contributed by atoms with Gasteiger partial charge in [0.25, 0.3) is 0 Å². The molecule has 0 bridgehead atoms. The molecule has 6 nitrogen and oxygen atoms in total. The van der Waals surface area contributed by atoms with Crippen LogP contribution in [0.2, 0.25) is 0 Å². The van der Waals surface area contributed by atoms with Crippen LogP contribution in [0.5, 0.6) is 0 Å². The first-order valence-corrected chi connectivity index (χ1v) is 16.0.